The molecule has 0 atom stereocenters. The van der Waals surface area contributed by atoms with Crippen LogP contribution in [0.2, 0.25) is 5.02 Å². The van der Waals surface area contributed by atoms with Crippen LogP contribution in [-0.4, -0.2) is 28.5 Å². The van der Waals surface area contributed by atoms with Crippen LogP contribution >= 0.6 is 11.6 Å². The van der Waals surface area contributed by atoms with Crippen LogP contribution in [-0.2, 0) is 21.2 Å². The van der Waals surface area contributed by atoms with Gasteiger partial charge in [0.25, 0.3) is 10.0 Å². The van der Waals surface area contributed by atoms with Gasteiger partial charge in [-0.05, 0) is 48.9 Å². The van der Waals surface area contributed by atoms with Crippen molar-refractivity contribution in [2.75, 3.05) is 24.3 Å². The van der Waals surface area contributed by atoms with Crippen LogP contribution in [0.3, 0.4) is 0 Å². The molecule has 2 N–H and O–H groups in total. The maximum atomic E-state index is 12.9. The van der Waals surface area contributed by atoms with Gasteiger partial charge in [0.1, 0.15) is 11.5 Å². The van der Waals surface area contributed by atoms with Crippen molar-refractivity contribution in [3.8, 4) is 11.5 Å². The Bertz CT molecular complexity index is 1240. The fraction of sp³-hybridized carbons (Fsp3) is 0.174. The minimum Gasteiger partial charge on any atom is -0.497 e. The minimum absolute atomic E-state index is 0.0455. The first-order valence-electron chi connectivity index (χ1n) is 9.61. The maximum absolute atomic E-state index is 12.9. The lowest BCUT2D eigenvalue weighted by molar-refractivity contribution is -0.115. The minimum atomic E-state index is -3.89. The lowest BCUT2D eigenvalue weighted by Gasteiger charge is -2.14. The Kier molecular flexibility index (Phi) is 7.27. The highest BCUT2D eigenvalue weighted by atomic mass is 35.5. The summed E-state index contributed by atoms with van der Waals surface area (Å²) in [7, 11) is -0.829. The predicted molar refractivity (Wildman–Crippen MR) is 125 cm³/mol. The summed E-state index contributed by atoms with van der Waals surface area (Å²) in [5, 5.41) is 3.16. The average molecular weight is 475 g/mol. The zero-order chi connectivity index (χ0) is 23.3. The Balaban J connectivity index is 1.79. The van der Waals surface area contributed by atoms with E-state index < -0.39 is 10.0 Å². The molecule has 32 heavy (non-hydrogen) atoms. The van der Waals surface area contributed by atoms with Crippen LogP contribution in [0.25, 0.3) is 0 Å². The molecule has 3 aromatic carbocycles. The van der Waals surface area contributed by atoms with E-state index in [0.29, 0.717) is 39.0 Å². The van der Waals surface area contributed by atoms with Gasteiger partial charge in [-0.15, -0.1) is 0 Å². The second kappa shape index (κ2) is 9.93. The van der Waals surface area contributed by atoms with Crippen molar-refractivity contribution in [1.82, 2.24) is 0 Å². The van der Waals surface area contributed by atoms with E-state index in [4.69, 9.17) is 21.1 Å². The number of anilines is 2. The molecule has 0 heterocycles. The molecule has 1 amide bonds. The van der Waals surface area contributed by atoms with Crippen molar-refractivity contribution in [3.05, 3.63) is 76.8 Å². The molecule has 0 aliphatic carbocycles. The summed E-state index contributed by atoms with van der Waals surface area (Å²) in [5.41, 5.74) is 1.92. The highest BCUT2D eigenvalue weighted by molar-refractivity contribution is 7.92. The summed E-state index contributed by atoms with van der Waals surface area (Å²) in [6.07, 6.45) is 0.0455. The highest BCUT2D eigenvalue weighted by Crippen LogP contribution is 2.27. The number of hydrogen-bond donors (Lipinski definition) is 2. The Morgan fingerprint density at radius 3 is 2.44 bits per heavy atom. The number of halogens is 1. The second-order valence-electron chi connectivity index (χ2n) is 7.00. The van der Waals surface area contributed by atoms with E-state index in [0.717, 1.165) is 0 Å². The van der Waals surface area contributed by atoms with Crippen LogP contribution in [0.4, 0.5) is 11.4 Å². The molecule has 0 unspecified atom stereocenters. The van der Waals surface area contributed by atoms with Gasteiger partial charge in [-0.25, -0.2) is 8.42 Å². The summed E-state index contributed by atoms with van der Waals surface area (Å²) in [6, 6.07) is 16.3. The molecule has 168 valence electrons. The van der Waals surface area contributed by atoms with E-state index in [1.54, 1.807) is 62.6 Å². The molecule has 0 aromatic heterocycles. The number of methoxy groups -OCH3 is 2. The maximum Gasteiger partial charge on any atom is 0.262 e. The lowest BCUT2D eigenvalue weighted by Crippen LogP contribution is -2.17. The monoisotopic (exact) mass is 474 g/mol. The summed E-state index contributed by atoms with van der Waals surface area (Å²) in [6.45, 7) is 1.68. The van der Waals surface area contributed by atoms with E-state index >= 15 is 0 Å². The Morgan fingerprint density at radius 1 is 0.969 bits per heavy atom. The van der Waals surface area contributed by atoms with Crippen LogP contribution in [0, 0.1) is 6.92 Å². The van der Waals surface area contributed by atoms with E-state index in [1.807, 2.05) is 0 Å². The zero-order valence-corrected chi connectivity index (χ0v) is 19.4. The molecule has 0 saturated carbocycles. The van der Waals surface area contributed by atoms with Gasteiger partial charge in [0, 0.05) is 22.3 Å². The molecule has 0 saturated heterocycles. The first kappa shape index (κ1) is 23.4. The molecular formula is C23H23ClN2O5S. The largest absolute Gasteiger partial charge is 0.497 e. The molecule has 3 aromatic rings. The standard InChI is InChI=1S/C23H23ClN2O5S/c1-15-7-9-18(13-22(15)32(28,29)26-19-6-4-5-17(24)12-19)25-23(27)11-16-8-10-20(30-2)14-21(16)31-3/h4-10,12-14,26H,11H2,1-3H3,(H,25,27). The number of hydrogen-bond acceptors (Lipinski definition) is 5. The molecule has 3 rings (SSSR count). The van der Waals surface area contributed by atoms with Gasteiger partial charge in [0.05, 0.1) is 31.2 Å². The third kappa shape index (κ3) is 5.72. The number of nitrogens with one attached hydrogen (secondary N) is 2. The first-order chi connectivity index (χ1) is 15.2. The smallest absolute Gasteiger partial charge is 0.262 e. The van der Waals surface area contributed by atoms with Crippen molar-refractivity contribution < 1.29 is 22.7 Å². The summed E-state index contributed by atoms with van der Waals surface area (Å²) in [5.74, 6) is 0.826. The Morgan fingerprint density at radius 2 is 1.75 bits per heavy atom. The second-order valence-corrected chi connectivity index (χ2v) is 9.09. The fourth-order valence-electron chi connectivity index (χ4n) is 3.11. The average Bonchev–Trinajstić information content (AvgIpc) is 2.75. The number of amides is 1. The quantitative estimate of drug-likeness (QED) is 0.495. The van der Waals surface area contributed by atoms with Crippen LogP contribution in [0.15, 0.2) is 65.6 Å². The molecule has 0 aliphatic heterocycles. The summed E-state index contributed by atoms with van der Waals surface area (Å²) >= 11 is 5.94. The van der Waals surface area contributed by atoms with Crippen molar-refractivity contribution in [2.24, 2.45) is 0 Å². The van der Waals surface area contributed by atoms with Crippen molar-refractivity contribution in [2.45, 2.75) is 18.2 Å². The van der Waals surface area contributed by atoms with Gasteiger partial charge in [-0.2, -0.15) is 0 Å². The van der Waals surface area contributed by atoms with E-state index in [9.17, 15) is 13.2 Å². The van der Waals surface area contributed by atoms with E-state index in [2.05, 4.69) is 10.0 Å². The number of ether oxygens (including phenoxy) is 2. The van der Waals surface area contributed by atoms with Crippen molar-refractivity contribution >= 4 is 38.9 Å². The summed E-state index contributed by atoms with van der Waals surface area (Å²) < 4.78 is 38.8. The van der Waals surface area contributed by atoms with Gasteiger partial charge < -0.3 is 14.8 Å². The topological polar surface area (TPSA) is 93.7 Å². The highest BCUT2D eigenvalue weighted by Gasteiger charge is 2.19. The Labute approximate surface area is 192 Å². The number of carbonyl (C=O) groups excluding carboxylic acids is 1. The molecule has 0 aliphatic rings. The number of rotatable bonds is 8. The molecule has 7 nitrogen and oxygen atoms in total. The Hall–Kier alpha value is -3.23. The number of benzene rings is 3. The van der Waals surface area contributed by atoms with Crippen LogP contribution in [0.1, 0.15) is 11.1 Å². The lowest BCUT2D eigenvalue weighted by atomic mass is 10.1. The normalized spacial score (nSPS) is 11.0. The van der Waals surface area contributed by atoms with Crippen LogP contribution in [0.5, 0.6) is 11.5 Å². The van der Waals surface area contributed by atoms with Gasteiger partial charge in [-0.1, -0.05) is 29.8 Å². The number of sulfonamides is 1. The molecule has 0 bridgehead atoms. The van der Waals surface area contributed by atoms with E-state index in [1.165, 1.54) is 19.2 Å². The van der Waals surface area contributed by atoms with Crippen LogP contribution < -0.4 is 19.5 Å². The van der Waals surface area contributed by atoms with Gasteiger partial charge in [0.2, 0.25) is 5.91 Å². The third-order valence-electron chi connectivity index (χ3n) is 4.68. The third-order valence-corrected chi connectivity index (χ3v) is 6.44. The fourth-order valence-corrected chi connectivity index (χ4v) is 4.62. The molecule has 9 heteroatoms. The summed E-state index contributed by atoms with van der Waals surface area (Å²) in [4.78, 5) is 12.7. The zero-order valence-electron chi connectivity index (χ0n) is 17.8. The SMILES string of the molecule is COc1ccc(CC(=O)Nc2ccc(C)c(S(=O)(=O)Nc3cccc(Cl)c3)c2)c(OC)c1. The molecule has 0 radical (unpaired) electrons. The first-order valence-corrected chi connectivity index (χ1v) is 11.5. The number of carbonyl (C=O) groups is 1. The van der Waals surface area contributed by atoms with E-state index in [-0.39, 0.29) is 17.2 Å². The van der Waals surface area contributed by atoms with Crippen molar-refractivity contribution in [3.63, 3.8) is 0 Å². The molecule has 0 spiro atoms. The predicted octanol–water partition coefficient (Wildman–Crippen LogP) is 4.65. The molecule has 0 fully saturated rings. The van der Waals surface area contributed by atoms with Gasteiger partial charge >= 0.3 is 0 Å². The van der Waals surface area contributed by atoms with Crippen molar-refractivity contribution in [1.29, 1.82) is 0 Å². The molecular weight excluding hydrogens is 452 g/mol. The van der Waals surface area contributed by atoms with Gasteiger partial charge in [0.15, 0.2) is 0 Å². The van der Waals surface area contributed by atoms with Gasteiger partial charge in [-0.3, -0.25) is 9.52 Å². The number of aryl methyl sites for hydroxylation is 1.